The number of hydrogen-bond donors (Lipinski definition) is 0. The van der Waals surface area contributed by atoms with Gasteiger partial charge in [-0.25, -0.2) is 4.99 Å². The molecular formula is C13H16ClNO. The number of nitrogens with zero attached hydrogens (tertiary/aromatic N) is 1. The maximum Gasteiger partial charge on any atom is 0.184 e. The van der Waals surface area contributed by atoms with Crippen LogP contribution in [0.25, 0.3) is 0 Å². The summed E-state index contributed by atoms with van der Waals surface area (Å²) in [7, 11) is 0. The summed E-state index contributed by atoms with van der Waals surface area (Å²) < 4.78 is 5.61. The van der Waals surface area contributed by atoms with Gasteiger partial charge in [0.15, 0.2) is 5.90 Å². The monoisotopic (exact) mass is 237 g/mol. The predicted molar refractivity (Wildman–Crippen MR) is 67.1 cm³/mol. The topological polar surface area (TPSA) is 21.6 Å². The highest BCUT2D eigenvalue weighted by molar-refractivity contribution is 6.31. The third kappa shape index (κ3) is 2.07. The van der Waals surface area contributed by atoms with Gasteiger partial charge in [-0.15, -0.1) is 0 Å². The Kier molecular flexibility index (Phi) is 3.20. The summed E-state index contributed by atoms with van der Waals surface area (Å²) >= 11 is 6.19. The molecule has 0 saturated carbocycles. The van der Waals surface area contributed by atoms with Crippen LogP contribution < -0.4 is 0 Å². The molecule has 0 amide bonds. The summed E-state index contributed by atoms with van der Waals surface area (Å²) in [6.45, 7) is 4.78. The Morgan fingerprint density at radius 1 is 1.44 bits per heavy atom. The van der Waals surface area contributed by atoms with Gasteiger partial charge in [0.25, 0.3) is 0 Å². The van der Waals surface area contributed by atoms with Crippen molar-refractivity contribution in [3.05, 3.63) is 34.9 Å². The number of ether oxygens (including phenoxy) is 1. The third-order valence-electron chi connectivity index (χ3n) is 2.81. The Morgan fingerprint density at radius 2 is 2.19 bits per heavy atom. The molecule has 2 nitrogen and oxygen atoms in total. The average molecular weight is 238 g/mol. The van der Waals surface area contributed by atoms with E-state index in [9.17, 15) is 0 Å². The Hall–Kier alpha value is -1.02. The number of halogens is 1. The van der Waals surface area contributed by atoms with E-state index in [1.54, 1.807) is 0 Å². The SMILES string of the molecule is CCCC1=N[C@](C)(c2ccccc2Cl)CO1. The number of aliphatic imine (C=N–C) groups is 1. The second-order valence-corrected chi connectivity index (χ2v) is 4.71. The molecule has 16 heavy (non-hydrogen) atoms. The molecule has 0 aliphatic carbocycles. The van der Waals surface area contributed by atoms with Gasteiger partial charge < -0.3 is 4.74 Å². The third-order valence-corrected chi connectivity index (χ3v) is 3.14. The summed E-state index contributed by atoms with van der Waals surface area (Å²) in [6.07, 6.45) is 1.96. The van der Waals surface area contributed by atoms with Crippen molar-refractivity contribution < 1.29 is 4.74 Å². The van der Waals surface area contributed by atoms with Crippen LogP contribution in [0.15, 0.2) is 29.3 Å². The molecule has 2 rings (SSSR count). The molecule has 1 aromatic rings. The zero-order chi connectivity index (χ0) is 11.6. The second-order valence-electron chi connectivity index (χ2n) is 4.30. The standard InChI is InChI=1S/C13H16ClNO/c1-3-6-12-15-13(2,9-16-12)10-7-4-5-8-11(10)14/h4-5,7-8H,3,6,9H2,1-2H3/t13-/m0/s1. The van der Waals surface area contributed by atoms with Gasteiger partial charge in [0, 0.05) is 17.0 Å². The summed E-state index contributed by atoms with van der Waals surface area (Å²) in [4.78, 5) is 4.65. The average Bonchev–Trinajstić information content (AvgIpc) is 2.62. The molecule has 0 aromatic heterocycles. The summed E-state index contributed by atoms with van der Waals surface area (Å²) in [6, 6.07) is 7.83. The van der Waals surface area contributed by atoms with E-state index in [0.29, 0.717) is 6.61 Å². The van der Waals surface area contributed by atoms with Gasteiger partial charge in [-0.3, -0.25) is 0 Å². The van der Waals surface area contributed by atoms with Crippen LogP contribution in [0.2, 0.25) is 5.02 Å². The molecule has 0 spiro atoms. The quantitative estimate of drug-likeness (QED) is 0.784. The van der Waals surface area contributed by atoms with E-state index in [2.05, 4.69) is 18.8 Å². The lowest BCUT2D eigenvalue weighted by atomic mass is 9.94. The Bertz CT molecular complexity index is 416. The van der Waals surface area contributed by atoms with E-state index < -0.39 is 0 Å². The Balaban J connectivity index is 2.31. The van der Waals surface area contributed by atoms with Gasteiger partial charge >= 0.3 is 0 Å². The van der Waals surface area contributed by atoms with Crippen LogP contribution in [0.5, 0.6) is 0 Å². The highest BCUT2D eigenvalue weighted by Crippen LogP contribution is 2.35. The van der Waals surface area contributed by atoms with Crippen LogP contribution in [0.1, 0.15) is 32.3 Å². The second kappa shape index (κ2) is 4.46. The van der Waals surface area contributed by atoms with Crippen molar-refractivity contribution in [2.45, 2.75) is 32.2 Å². The number of rotatable bonds is 3. The summed E-state index contributed by atoms with van der Waals surface area (Å²) in [5.74, 6) is 0.852. The lowest BCUT2D eigenvalue weighted by Crippen LogP contribution is -2.21. The fourth-order valence-corrected chi connectivity index (χ4v) is 2.28. The molecule has 0 unspecified atom stereocenters. The predicted octanol–water partition coefficient (Wildman–Crippen LogP) is 3.78. The normalized spacial score (nSPS) is 24.1. The number of hydrogen-bond acceptors (Lipinski definition) is 2. The van der Waals surface area contributed by atoms with E-state index >= 15 is 0 Å². The summed E-state index contributed by atoms with van der Waals surface area (Å²) in [5.41, 5.74) is 0.728. The van der Waals surface area contributed by atoms with E-state index in [4.69, 9.17) is 16.3 Å². The minimum absolute atomic E-state index is 0.317. The lowest BCUT2D eigenvalue weighted by molar-refractivity contribution is 0.264. The first kappa shape index (κ1) is 11.5. The van der Waals surface area contributed by atoms with E-state index in [1.807, 2.05) is 24.3 Å². The van der Waals surface area contributed by atoms with Gasteiger partial charge in [-0.2, -0.15) is 0 Å². The zero-order valence-corrected chi connectivity index (χ0v) is 10.4. The van der Waals surface area contributed by atoms with Crippen LogP contribution in [0.4, 0.5) is 0 Å². The van der Waals surface area contributed by atoms with Crippen molar-refractivity contribution in [2.24, 2.45) is 4.99 Å². The first-order valence-electron chi connectivity index (χ1n) is 5.62. The molecule has 0 fully saturated rings. The van der Waals surface area contributed by atoms with Crippen molar-refractivity contribution in [1.29, 1.82) is 0 Å². The van der Waals surface area contributed by atoms with Gasteiger partial charge in [0.1, 0.15) is 12.1 Å². The summed E-state index contributed by atoms with van der Waals surface area (Å²) in [5, 5.41) is 0.759. The van der Waals surface area contributed by atoms with Crippen LogP contribution >= 0.6 is 11.6 Å². The largest absolute Gasteiger partial charge is 0.478 e. The van der Waals surface area contributed by atoms with Crippen molar-refractivity contribution in [3.63, 3.8) is 0 Å². The fourth-order valence-electron chi connectivity index (χ4n) is 1.94. The van der Waals surface area contributed by atoms with E-state index in [1.165, 1.54) is 0 Å². The highest BCUT2D eigenvalue weighted by atomic mass is 35.5. The molecule has 3 heteroatoms. The van der Waals surface area contributed by atoms with Crippen molar-refractivity contribution >= 4 is 17.5 Å². The first-order chi connectivity index (χ1) is 7.65. The maximum absolute atomic E-state index is 6.19. The van der Waals surface area contributed by atoms with Gasteiger partial charge in [-0.1, -0.05) is 36.7 Å². The number of benzene rings is 1. The highest BCUT2D eigenvalue weighted by Gasteiger charge is 2.34. The zero-order valence-electron chi connectivity index (χ0n) is 9.66. The van der Waals surface area contributed by atoms with Gasteiger partial charge in [-0.05, 0) is 19.4 Å². The van der Waals surface area contributed by atoms with Crippen molar-refractivity contribution in [1.82, 2.24) is 0 Å². The molecule has 1 atom stereocenters. The van der Waals surface area contributed by atoms with Crippen molar-refractivity contribution in [3.8, 4) is 0 Å². The minimum Gasteiger partial charge on any atom is -0.478 e. The molecule has 0 N–H and O–H groups in total. The maximum atomic E-state index is 6.19. The molecule has 0 radical (unpaired) electrons. The Labute approximate surface area is 101 Å². The first-order valence-corrected chi connectivity index (χ1v) is 6.00. The molecule has 86 valence electrons. The van der Waals surface area contributed by atoms with Gasteiger partial charge in [0.05, 0.1) is 0 Å². The van der Waals surface area contributed by atoms with E-state index in [-0.39, 0.29) is 5.54 Å². The smallest absolute Gasteiger partial charge is 0.184 e. The van der Waals surface area contributed by atoms with Crippen LogP contribution in [0, 0.1) is 0 Å². The van der Waals surface area contributed by atoms with Crippen LogP contribution in [-0.2, 0) is 10.3 Å². The molecule has 0 bridgehead atoms. The van der Waals surface area contributed by atoms with E-state index in [0.717, 1.165) is 29.3 Å². The molecule has 0 saturated heterocycles. The Morgan fingerprint density at radius 3 is 2.88 bits per heavy atom. The molecule has 1 aliphatic rings. The molecule has 1 heterocycles. The molecular weight excluding hydrogens is 222 g/mol. The molecule has 1 aromatic carbocycles. The van der Waals surface area contributed by atoms with Crippen LogP contribution in [-0.4, -0.2) is 12.5 Å². The van der Waals surface area contributed by atoms with Crippen LogP contribution in [0.3, 0.4) is 0 Å². The fraction of sp³-hybridized carbons (Fsp3) is 0.462. The minimum atomic E-state index is -0.317. The van der Waals surface area contributed by atoms with Crippen molar-refractivity contribution in [2.75, 3.05) is 6.61 Å². The lowest BCUT2D eigenvalue weighted by Gasteiger charge is -2.19. The van der Waals surface area contributed by atoms with Gasteiger partial charge in [0.2, 0.25) is 0 Å². The molecule has 1 aliphatic heterocycles.